The van der Waals surface area contributed by atoms with E-state index in [-0.39, 0.29) is 29.6 Å². The summed E-state index contributed by atoms with van der Waals surface area (Å²) in [7, 11) is -4.35. The normalized spacial score (nSPS) is 13.1. The van der Waals surface area contributed by atoms with Gasteiger partial charge in [0.15, 0.2) is 0 Å². The third kappa shape index (κ3) is 9.30. The molecule has 0 aliphatic heterocycles. The van der Waals surface area contributed by atoms with Crippen LogP contribution in [0.25, 0.3) is 10.8 Å². The molecule has 2 rings (SSSR count). The van der Waals surface area contributed by atoms with Crippen molar-refractivity contribution in [3.63, 3.8) is 0 Å². The summed E-state index contributed by atoms with van der Waals surface area (Å²) in [5.41, 5.74) is 0.657. The minimum Gasteiger partial charge on any atom is -0.383 e. The van der Waals surface area contributed by atoms with Crippen LogP contribution in [0, 0.1) is 0 Å². The number of carbonyl (C=O) groups is 2. The summed E-state index contributed by atoms with van der Waals surface area (Å²) in [5.74, 6) is 1.12. The van der Waals surface area contributed by atoms with E-state index in [2.05, 4.69) is 22.5 Å². The molecule has 0 fully saturated rings. The van der Waals surface area contributed by atoms with E-state index in [4.69, 9.17) is 4.52 Å². The van der Waals surface area contributed by atoms with Gasteiger partial charge in [0.25, 0.3) is 16.7 Å². The lowest BCUT2D eigenvalue weighted by Crippen LogP contribution is -2.31. The summed E-state index contributed by atoms with van der Waals surface area (Å²) >= 11 is 1.10. The van der Waals surface area contributed by atoms with Gasteiger partial charge in [-0.2, -0.15) is 8.42 Å². The molecule has 0 spiro atoms. The molecule has 2 aromatic carbocycles. The Bertz CT molecular complexity index is 1200. The first-order chi connectivity index (χ1) is 16.6. The van der Waals surface area contributed by atoms with E-state index in [1.54, 1.807) is 37.3 Å². The summed E-state index contributed by atoms with van der Waals surface area (Å²) < 4.78 is 50.0. The molecular formula is C22H30N3O7PS2. The van der Waals surface area contributed by atoms with Crippen molar-refractivity contribution in [2.75, 3.05) is 37.3 Å². The van der Waals surface area contributed by atoms with Gasteiger partial charge in [0.1, 0.15) is 4.90 Å². The molecule has 0 radical (unpaired) electrons. The molecule has 2 amide bonds. The van der Waals surface area contributed by atoms with Crippen LogP contribution < -0.4 is 16.0 Å². The van der Waals surface area contributed by atoms with Crippen molar-refractivity contribution in [3.05, 3.63) is 48.8 Å². The maximum absolute atomic E-state index is 12.2. The van der Waals surface area contributed by atoms with Gasteiger partial charge in [0.05, 0.1) is 6.61 Å². The van der Waals surface area contributed by atoms with Gasteiger partial charge in [-0.15, -0.1) is 0 Å². The number of nitrogens with one attached hydrogen (secondary N) is 3. The smallest absolute Gasteiger partial charge is 0.295 e. The third-order valence-corrected chi connectivity index (χ3v) is 9.84. The highest BCUT2D eigenvalue weighted by molar-refractivity contribution is 8.57. The van der Waals surface area contributed by atoms with Crippen LogP contribution in [0.5, 0.6) is 0 Å². The quantitative estimate of drug-likeness (QED) is 0.150. The standard InChI is InChI=1S/C22H30N3O7PS2/c1-3-32-33(28,4-2)34-16-15-25-22(27)12-11-21(26)24-14-13-23-19-9-5-8-18-17(19)7-6-10-20(18)35(29,30)31/h4-10,23H,2-3,11-16H2,1H3,(H,24,26)(H,25,27)(H,29,30,31). The Balaban J connectivity index is 1.71. The lowest BCUT2D eigenvalue weighted by molar-refractivity contribution is -0.126. The van der Waals surface area contributed by atoms with Crippen LogP contribution in [0.4, 0.5) is 5.69 Å². The topological polar surface area (TPSA) is 151 Å². The van der Waals surface area contributed by atoms with E-state index in [1.807, 2.05) is 0 Å². The highest BCUT2D eigenvalue weighted by Gasteiger charge is 2.18. The summed E-state index contributed by atoms with van der Waals surface area (Å²) in [6.45, 7) is 3.59. The minimum absolute atomic E-state index is 0.0229. The second kappa shape index (κ2) is 13.6. The predicted molar refractivity (Wildman–Crippen MR) is 139 cm³/mol. The van der Waals surface area contributed by atoms with E-state index in [1.165, 1.54) is 11.9 Å². The zero-order valence-corrected chi connectivity index (χ0v) is 21.9. The maximum atomic E-state index is 12.2. The number of amides is 2. The van der Waals surface area contributed by atoms with Crippen molar-refractivity contribution in [1.82, 2.24) is 10.6 Å². The van der Waals surface area contributed by atoms with Gasteiger partial charge in [0.2, 0.25) is 11.8 Å². The average molecular weight is 544 g/mol. The summed E-state index contributed by atoms with van der Waals surface area (Å²) in [6, 6.07) is 9.64. The van der Waals surface area contributed by atoms with Gasteiger partial charge in [-0.1, -0.05) is 42.2 Å². The molecule has 192 valence electrons. The number of fused-ring (bicyclic) bond motifs is 1. The SMILES string of the molecule is C=CP(=O)(OCC)SCCNC(=O)CCC(=O)NCCNc1cccc2c(S(=O)(=O)O)cccc12. The van der Waals surface area contributed by atoms with Crippen LogP contribution in [-0.4, -0.2) is 56.8 Å². The lowest BCUT2D eigenvalue weighted by Gasteiger charge is -2.13. The number of hydrogen-bond acceptors (Lipinski definition) is 8. The van der Waals surface area contributed by atoms with Gasteiger partial charge < -0.3 is 20.5 Å². The number of hydrogen-bond donors (Lipinski definition) is 4. The van der Waals surface area contributed by atoms with Crippen LogP contribution in [0.1, 0.15) is 19.8 Å². The van der Waals surface area contributed by atoms with Crippen LogP contribution in [-0.2, 0) is 28.8 Å². The number of rotatable bonds is 15. The lowest BCUT2D eigenvalue weighted by atomic mass is 10.1. The van der Waals surface area contributed by atoms with E-state index in [9.17, 15) is 27.1 Å². The molecule has 13 heteroatoms. The highest BCUT2D eigenvalue weighted by Crippen LogP contribution is 2.60. The van der Waals surface area contributed by atoms with Gasteiger partial charge >= 0.3 is 0 Å². The molecular weight excluding hydrogens is 513 g/mol. The first-order valence-electron chi connectivity index (χ1n) is 10.9. The average Bonchev–Trinajstić information content (AvgIpc) is 2.82. The summed E-state index contributed by atoms with van der Waals surface area (Å²) in [6.07, 6.45) is 0.0469. The zero-order valence-electron chi connectivity index (χ0n) is 19.4. The monoisotopic (exact) mass is 543 g/mol. The second-order valence-corrected chi connectivity index (χ2v) is 13.3. The molecule has 0 aliphatic rings. The van der Waals surface area contributed by atoms with Crippen LogP contribution >= 0.6 is 18.0 Å². The van der Waals surface area contributed by atoms with Crippen molar-refractivity contribution in [2.45, 2.75) is 24.7 Å². The van der Waals surface area contributed by atoms with Crippen molar-refractivity contribution in [2.24, 2.45) is 0 Å². The van der Waals surface area contributed by atoms with Gasteiger partial charge in [-0.3, -0.25) is 18.7 Å². The fourth-order valence-corrected chi connectivity index (χ4v) is 6.84. The predicted octanol–water partition coefficient (Wildman–Crippen LogP) is 3.62. The van der Waals surface area contributed by atoms with E-state index in [0.717, 1.165) is 11.4 Å². The van der Waals surface area contributed by atoms with Crippen molar-refractivity contribution < 1.29 is 31.6 Å². The van der Waals surface area contributed by atoms with Crippen molar-refractivity contribution in [3.8, 4) is 0 Å². The molecule has 1 atom stereocenters. The fraction of sp³-hybridized carbons (Fsp3) is 0.364. The molecule has 1 unspecified atom stereocenters. The second-order valence-electron chi connectivity index (χ2n) is 7.23. The Hall–Kier alpha value is -2.37. The largest absolute Gasteiger partial charge is 0.383 e. The van der Waals surface area contributed by atoms with E-state index in [0.29, 0.717) is 48.5 Å². The molecule has 0 saturated heterocycles. The van der Waals surface area contributed by atoms with Gasteiger partial charge in [0, 0.05) is 60.5 Å². The molecule has 0 aromatic heterocycles. The van der Waals surface area contributed by atoms with Crippen molar-refractivity contribution >= 4 is 56.3 Å². The maximum Gasteiger partial charge on any atom is 0.295 e. The molecule has 0 heterocycles. The van der Waals surface area contributed by atoms with E-state index < -0.39 is 16.7 Å². The highest BCUT2D eigenvalue weighted by atomic mass is 32.7. The molecule has 35 heavy (non-hydrogen) atoms. The van der Waals surface area contributed by atoms with Crippen LogP contribution in [0.15, 0.2) is 53.7 Å². The Morgan fingerprint density at radius 2 is 1.69 bits per heavy atom. The molecule has 4 N–H and O–H groups in total. The van der Waals surface area contributed by atoms with Gasteiger partial charge in [-0.05, 0) is 19.1 Å². The van der Waals surface area contributed by atoms with Crippen LogP contribution in [0.2, 0.25) is 0 Å². The summed E-state index contributed by atoms with van der Waals surface area (Å²) in [4.78, 5) is 23.8. The number of benzene rings is 2. The van der Waals surface area contributed by atoms with Gasteiger partial charge in [-0.25, -0.2) is 0 Å². The Labute approximate surface area is 209 Å². The Kier molecular flexibility index (Phi) is 11.3. The third-order valence-electron chi connectivity index (χ3n) is 4.73. The Morgan fingerprint density at radius 1 is 1.06 bits per heavy atom. The van der Waals surface area contributed by atoms with Crippen molar-refractivity contribution in [1.29, 1.82) is 0 Å². The first kappa shape index (κ1) is 28.9. The molecule has 2 aromatic rings. The molecule has 10 nitrogen and oxygen atoms in total. The molecule has 0 bridgehead atoms. The molecule has 0 aliphatic carbocycles. The zero-order chi connectivity index (χ0) is 25.9. The number of carbonyl (C=O) groups excluding carboxylic acids is 2. The Morgan fingerprint density at radius 3 is 2.31 bits per heavy atom. The number of anilines is 1. The summed E-state index contributed by atoms with van der Waals surface area (Å²) in [5, 5.41) is 9.53. The fourth-order valence-electron chi connectivity index (χ4n) is 3.15. The molecule has 0 saturated carbocycles. The first-order valence-corrected chi connectivity index (χ1v) is 15.6. The minimum atomic E-state index is -4.35. The van der Waals surface area contributed by atoms with Crippen LogP contribution in [0.3, 0.4) is 0 Å². The van der Waals surface area contributed by atoms with E-state index >= 15 is 0 Å².